The summed E-state index contributed by atoms with van der Waals surface area (Å²) in [4.78, 5) is 9.39. The van der Waals surface area contributed by atoms with Gasteiger partial charge in [0.05, 0.1) is 11.9 Å². The van der Waals surface area contributed by atoms with E-state index in [0.717, 1.165) is 11.4 Å². The second kappa shape index (κ2) is 2.42. The zero-order chi connectivity index (χ0) is 6.81. The van der Waals surface area contributed by atoms with E-state index in [4.69, 9.17) is 0 Å². The average Bonchev–Trinajstić information content (AvgIpc) is 2.05. The lowest BCUT2D eigenvalue weighted by Crippen LogP contribution is -1.87. The Morgan fingerprint density at radius 3 is 3.40 bits per heavy atom. The summed E-state index contributed by atoms with van der Waals surface area (Å²) in [5.74, 6) is 0.983. The molecular weight excluding hydrogens is 144 g/mol. The Kier molecular flexibility index (Phi) is 1.43. The molecule has 1 aliphatic heterocycles. The fraction of sp³-hybridized carbons (Fsp3) is 0.143. The minimum absolute atomic E-state index is 0.983. The second-order valence-corrected chi connectivity index (χ2v) is 3.03. The summed E-state index contributed by atoms with van der Waals surface area (Å²) >= 11 is 1.80. The van der Waals surface area contributed by atoms with E-state index in [0.29, 0.717) is 0 Å². The molecule has 2 heterocycles. The molecule has 1 aromatic heterocycles. The second-order valence-electron chi connectivity index (χ2n) is 1.97. The molecular formula is C7H6N2S. The Hall–Kier alpha value is -0.830. The van der Waals surface area contributed by atoms with Crippen molar-refractivity contribution < 1.29 is 0 Å². The number of rotatable bonds is 0. The summed E-state index contributed by atoms with van der Waals surface area (Å²) in [5, 5.41) is 0. The van der Waals surface area contributed by atoms with Crippen LogP contribution in [0.1, 0.15) is 0 Å². The van der Waals surface area contributed by atoms with Crippen molar-refractivity contribution in [1.82, 2.24) is 4.98 Å². The highest BCUT2D eigenvalue weighted by Crippen LogP contribution is 2.30. The maximum Gasteiger partial charge on any atom is 0.0944 e. The summed E-state index contributed by atoms with van der Waals surface area (Å²) in [7, 11) is 0. The van der Waals surface area contributed by atoms with Gasteiger partial charge in [-0.05, 0) is 6.07 Å². The summed E-state index contributed by atoms with van der Waals surface area (Å²) in [6, 6.07) is 2.00. The van der Waals surface area contributed by atoms with E-state index in [1.807, 2.05) is 12.3 Å². The van der Waals surface area contributed by atoms with Crippen molar-refractivity contribution in [2.24, 2.45) is 4.99 Å². The first-order valence-corrected chi connectivity index (χ1v) is 4.05. The third kappa shape index (κ3) is 0.926. The zero-order valence-corrected chi connectivity index (χ0v) is 6.14. The van der Waals surface area contributed by atoms with E-state index in [2.05, 4.69) is 9.98 Å². The van der Waals surface area contributed by atoms with Crippen molar-refractivity contribution in [2.45, 2.75) is 4.90 Å². The number of aromatic nitrogens is 1. The van der Waals surface area contributed by atoms with Crippen molar-refractivity contribution in [1.29, 1.82) is 0 Å². The van der Waals surface area contributed by atoms with Crippen molar-refractivity contribution >= 4 is 23.7 Å². The Labute approximate surface area is 63.4 Å². The highest BCUT2D eigenvalue weighted by Gasteiger charge is 2.03. The maximum absolute atomic E-state index is 4.18. The number of nitrogens with zero attached hydrogens (tertiary/aromatic N) is 2. The maximum atomic E-state index is 4.18. The van der Waals surface area contributed by atoms with E-state index in [1.165, 1.54) is 4.90 Å². The number of thioether (sulfide) groups is 1. The quantitative estimate of drug-likeness (QED) is 0.564. The van der Waals surface area contributed by atoms with Crippen LogP contribution in [0, 0.1) is 0 Å². The minimum Gasteiger partial charge on any atom is -0.262 e. The summed E-state index contributed by atoms with van der Waals surface area (Å²) < 4.78 is 0. The highest BCUT2D eigenvalue weighted by molar-refractivity contribution is 8.00. The molecule has 2 nitrogen and oxygen atoms in total. The monoisotopic (exact) mass is 150 g/mol. The van der Waals surface area contributed by atoms with Gasteiger partial charge in [0.15, 0.2) is 0 Å². The molecule has 0 N–H and O–H groups in total. The van der Waals surface area contributed by atoms with Crippen LogP contribution in [0.4, 0.5) is 5.69 Å². The third-order valence-corrected chi connectivity index (χ3v) is 2.28. The molecule has 0 unspecified atom stereocenters. The molecule has 10 heavy (non-hydrogen) atoms. The number of pyridine rings is 1. The predicted octanol–water partition coefficient (Wildman–Crippen LogP) is 1.89. The van der Waals surface area contributed by atoms with Crippen LogP contribution in [0.5, 0.6) is 0 Å². The molecule has 0 amide bonds. The predicted molar refractivity (Wildman–Crippen MR) is 43.1 cm³/mol. The molecule has 0 bridgehead atoms. The number of aliphatic imine (C=N–C) groups is 1. The number of fused-ring (bicyclic) bond motifs is 1. The lowest BCUT2D eigenvalue weighted by atomic mass is 10.4. The molecule has 0 saturated carbocycles. The minimum atomic E-state index is 0.983. The first-order chi connectivity index (χ1) is 4.97. The Balaban J connectivity index is 2.54. The lowest BCUT2D eigenvalue weighted by Gasteiger charge is -2.05. The molecule has 0 radical (unpaired) electrons. The Morgan fingerprint density at radius 2 is 2.50 bits per heavy atom. The molecule has 50 valence electrons. The smallest absolute Gasteiger partial charge is 0.0944 e. The summed E-state index contributed by atoms with van der Waals surface area (Å²) in [6.45, 7) is 0. The highest BCUT2D eigenvalue weighted by atomic mass is 32.2. The van der Waals surface area contributed by atoms with Gasteiger partial charge < -0.3 is 0 Å². The van der Waals surface area contributed by atoms with Crippen LogP contribution < -0.4 is 0 Å². The first kappa shape index (κ1) is 5.92. The van der Waals surface area contributed by atoms with E-state index < -0.39 is 0 Å². The van der Waals surface area contributed by atoms with Crippen molar-refractivity contribution in [3.05, 3.63) is 18.5 Å². The number of hydrogen-bond donors (Lipinski definition) is 0. The van der Waals surface area contributed by atoms with Crippen LogP contribution >= 0.6 is 11.8 Å². The molecule has 0 saturated heterocycles. The molecule has 2 rings (SSSR count). The SMILES string of the molecule is C1=Nc2cnccc2SC1. The van der Waals surface area contributed by atoms with Gasteiger partial charge in [-0.25, -0.2) is 0 Å². The van der Waals surface area contributed by atoms with Crippen LogP contribution in [-0.2, 0) is 0 Å². The van der Waals surface area contributed by atoms with Crippen LogP contribution in [0.2, 0.25) is 0 Å². The van der Waals surface area contributed by atoms with E-state index in [-0.39, 0.29) is 0 Å². The topological polar surface area (TPSA) is 25.2 Å². The molecule has 3 heteroatoms. The first-order valence-electron chi connectivity index (χ1n) is 3.06. The molecule has 0 atom stereocenters. The van der Waals surface area contributed by atoms with Crippen molar-refractivity contribution in [2.75, 3.05) is 5.75 Å². The van der Waals surface area contributed by atoms with Gasteiger partial charge in [-0.15, -0.1) is 11.8 Å². The molecule has 0 spiro atoms. The third-order valence-electron chi connectivity index (χ3n) is 1.30. The standard InChI is InChI=1S/C7H6N2S/c1-2-8-5-6-7(1)10-4-3-9-6/h1-3,5H,4H2. The molecule has 1 aliphatic rings. The largest absolute Gasteiger partial charge is 0.262 e. The van der Waals surface area contributed by atoms with Gasteiger partial charge in [0, 0.05) is 23.1 Å². The molecule has 0 fully saturated rings. The van der Waals surface area contributed by atoms with E-state index in [1.54, 1.807) is 24.2 Å². The van der Waals surface area contributed by atoms with Crippen molar-refractivity contribution in [3.8, 4) is 0 Å². The van der Waals surface area contributed by atoms with Crippen molar-refractivity contribution in [3.63, 3.8) is 0 Å². The molecule has 1 aromatic rings. The average molecular weight is 150 g/mol. The van der Waals surface area contributed by atoms with Gasteiger partial charge in [-0.3, -0.25) is 9.98 Å². The number of hydrogen-bond acceptors (Lipinski definition) is 3. The molecule has 0 aromatic carbocycles. The van der Waals surface area contributed by atoms with Gasteiger partial charge in [-0.2, -0.15) is 0 Å². The fourth-order valence-corrected chi connectivity index (χ4v) is 1.59. The van der Waals surface area contributed by atoms with Gasteiger partial charge in [-0.1, -0.05) is 0 Å². The Morgan fingerprint density at radius 1 is 1.50 bits per heavy atom. The van der Waals surface area contributed by atoms with E-state index in [9.17, 15) is 0 Å². The van der Waals surface area contributed by atoms with Gasteiger partial charge in [0.25, 0.3) is 0 Å². The fourth-order valence-electron chi connectivity index (χ4n) is 0.855. The summed E-state index contributed by atoms with van der Waals surface area (Å²) in [6.07, 6.45) is 5.50. The summed E-state index contributed by atoms with van der Waals surface area (Å²) in [5.41, 5.74) is 0.999. The molecule has 0 aliphatic carbocycles. The van der Waals surface area contributed by atoms with Crippen LogP contribution in [0.25, 0.3) is 0 Å². The van der Waals surface area contributed by atoms with E-state index >= 15 is 0 Å². The van der Waals surface area contributed by atoms with Crippen LogP contribution in [0.3, 0.4) is 0 Å². The van der Waals surface area contributed by atoms with Gasteiger partial charge >= 0.3 is 0 Å². The normalized spacial score (nSPS) is 14.8. The van der Waals surface area contributed by atoms with Gasteiger partial charge in [0.2, 0.25) is 0 Å². The zero-order valence-electron chi connectivity index (χ0n) is 5.32. The van der Waals surface area contributed by atoms with Crippen LogP contribution in [-0.4, -0.2) is 17.0 Å². The lowest BCUT2D eigenvalue weighted by molar-refractivity contribution is 1.23. The van der Waals surface area contributed by atoms with Crippen LogP contribution in [0.15, 0.2) is 28.3 Å². The van der Waals surface area contributed by atoms with Gasteiger partial charge in [0.1, 0.15) is 0 Å². The Bertz CT molecular complexity index is 270.